The van der Waals surface area contributed by atoms with E-state index in [4.69, 9.17) is 4.74 Å². The average Bonchev–Trinajstić information content (AvgIpc) is 2.86. The van der Waals surface area contributed by atoms with Gasteiger partial charge in [0.25, 0.3) is 0 Å². The summed E-state index contributed by atoms with van der Waals surface area (Å²) in [4.78, 5) is 0.247. The Morgan fingerprint density at radius 1 is 1.38 bits per heavy atom. The van der Waals surface area contributed by atoms with Gasteiger partial charge in [0.1, 0.15) is 12.4 Å². The number of rotatable bonds is 7. The van der Waals surface area contributed by atoms with Crippen molar-refractivity contribution in [1.29, 1.82) is 0 Å². The third-order valence-corrected chi connectivity index (χ3v) is 3.88. The van der Waals surface area contributed by atoms with Crippen molar-refractivity contribution in [2.75, 3.05) is 19.9 Å². The Kier molecular flexibility index (Phi) is 4.92. The number of hydrogen-bond donors (Lipinski definition) is 1. The first-order valence-corrected chi connectivity index (χ1v) is 8.35. The average molecular weight is 310 g/mol. The van der Waals surface area contributed by atoms with Crippen molar-refractivity contribution in [2.45, 2.75) is 18.0 Å². The predicted molar refractivity (Wildman–Crippen MR) is 77.8 cm³/mol. The lowest BCUT2D eigenvalue weighted by molar-refractivity contribution is 0.289. The molecule has 114 valence electrons. The zero-order valence-electron chi connectivity index (χ0n) is 12.0. The standard InChI is InChI=1S/C13H18N4O3S/c1-14-9-11-10-17(16-15-11)6-7-20-12-4-3-5-13(8-12)21(2,18)19/h3-5,8,10,14H,6-7,9H2,1-2H3. The maximum absolute atomic E-state index is 11.5. The number of ether oxygens (including phenoxy) is 1. The van der Waals surface area contributed by atoms with Gasteiger partial charge in [0.05, 0.1) is 17.1 Å². The molecule has 1 aromatic carbocycles. The van der Waals surface area contributed by atoms with Crippen molar-refractivity contribution < 1.29 is 13.2 Å². The number of nitrogens with one attached hydrogen (secondary N) is 1. The summed E-state index contributed by atoms with van der Waals surface area (Å²) in [7, 11) is -1.38. The number of sulfone groups is 1. The molecule has 0 unspecified atom stereocenters. The van der Waals surface area contributed by atoms with Crippen LogP contribution in [0, 0.1) is 0 Å². The van der Waals surface area contributed by atoms with Crippen molar-refractivity contribution in [2.24, 2.45) is 0 Å². The minimum atomic E-state index is -3.22. The largest absolute Gasteiger partial charge is 0.492 e. The van der Waals surface area contributed by atoms with Crippen LogP contribution in [0.25, 0.3) is 0 Å². The molecule has 1 N–H and O–H groups in total. The molecule has 21 heavy (non-hydrogen) atoms. The van der Waals surface area contributed by atoms with E-state index in [9.17, 15) is 8.42 Å². The molecule has 0 aliphatic carbocycles. The van der Waals surface area contributed by atoms with Gasteiger partial charge >= 0.3 is 0 Å². The third kappa shape index (κ3) is 4.54. The molecule has 1 heterocycles. The summed E-state index contributed by atoms with van der Waals surface area (Å²) < 4.78 is 30.2. The highest BCUT2D eigenvalue weighted by molar-refractivity contribution is 7.90. The molecule has 0 saturated carbocycles. The number of hydrogen-bond acceptors (Lipinski definition) is 6. The minimum Gasteiger partial charge on any atom is -0.492 e. The molecule has 0 aliphatic rings. The normalized spacial score (nSPS) is 11.5. The van der Waals surface area contributed by atoms with E-state index in [2.05, 4.69) is 15.6 Å². The van der Waals surface area contributed by atoms with Crippen LogP contribution in [0.1, 0.15) is 5.69 Å². The molecule has 8 heteroatoms. The highest BCUT2D eigenvalue weighted by Gasteiger charge is 2.07. The van der Waals surface area contributed by atoms with Gasteiger partial charge in [-0.15, -0.1) is 5.10 Å². The predicted octanol–water partition coefficient (Wildman–Crippen LogP) is 0.480. The number of nitrogens with zero attached hydrogens (tertiary/aromatic N) is 3. The van der Waals surface area contributed by atoms with Crippen LogP contribution >= 0.6 is 0 Å². The smallest absolute Gasteiger partial charge is 0.175 e. The van der Waals surface area contributed by atoms with Crippen LogP contribution in [-0.2, 0) is 22.9 Å². The van der Waals surface area contributed by atoms with Gasteiger partial charge in [-0.3, -0.25) is 0 Å². The summed E-state index contributed by atoms with van der Waals surface area (Å²) in [5.41, 5.74) is 0.858. The fourth-order valence-corrected chi connectivity index (χ4v) is 2.42. The fourth-order valence-electron chi connectivity index (χ4n) is 1.76. The summed E-state index contributed by atoms with van der Waals surface area (Å²) in [6.45, 7) is 1.59. The molecule has 0 amide bonds. The van der Waals surface area contributed by atoms with E-state index < -0.39 is 9.84 Å². The first-order valence-electron chi connectivity index (χ1n) is 6.45. The van der Waals surface area contributed by atoms with E-state index in [1.165, 1.54) is 12.3 Å². The molecule has 2 rings (SSSR count). The monoisotopic (exact) mass is 310 g/mol. The molecular formula is C13H18N4O3S. The highest BCUT2D eigenvalue weighted by Crippen LogP contribution is 2.17. The fraction of sp³-hybridized carbons (Fsp3) is 0.385. The van der Waals surface area contributed by atoms with E-state index in [0.717, 1.165) is 5.69 Å². The summed E-state index contributed by atoms with van der Waals surface area (Å²) in [5.74, 6) is 0.522. The second-order valence-electron chi connectivity index (χ2n) is 4.60. The first-order chi connectivity index (χ1) is 9.99. The SMILES string of the molecule is CNCc1cn(CCOc2cccc(S(C)(=O)=O)c2)nn1. The quantitative estimate of drug-likeness (QED) is 0.800. The van der Waals surface area contributed by atoms with Gasteiger partial charge in [0.2, 0.25) is 0 Å². The van der Waals surface area contributed by atoms with Crippen LogP contribution in [0.15, 0.2) is 35.4 Å². The molecule has 0 fully saturated rings. The Morgan fingerprint density at radius 3 is 2.90 bits per heavy atom. The second-order valence-corrected chi connectivity index (χ2v) is 6.61. The zero-order chi connectivity index (χ0) is 15.3. The van der Waals surface area contributed by atoms with Gasteiger partial charge in [0, 0.05) is 19.0 Å². The molecule has 0 spiro atoms. The van der Waals surface area contributed by atoms with Crippen molar-refractivity contribution in [3.63, 3.8) is 0 Å². The van der Waals surface area contributed by atoms with Gasteiger partial charge < -0.3 is 10.1 Å². The Bertz CT molecular complexity index is 697. The molecule has 0 radical (unpaired) electrons. The first kappa shape index (κ1) is 15.5. The summed E-state index contributed by atoms with van der Waals surface area (Å²) >= 11 is 0. The van der Waals surface area contributed by atoms with Gasteiger partial charge in [0.15, 0.2) is 9.84 Å². The van der Waals surface area contributed by atoms with E-state index in [-0.39, 0.29) is 4.90 Å². The molecule has 0 saturated heterocycles. The molecule has 7 nitrogen and oxygen atoms in total. The van der Waals surface area contributed by atoms with Crippen LogP contribution in [0.2, 0.25) is 0 Å². The topological polar surface area (TPSA) is 86.1 Å². The Morgan fingerprint density at radius 2 is 2.19 bits per heavy atom. The molecule has 1 aromatic heterocycles. The lowest BCUT2D eigenvalue weighted by Gasteiger charge is -2.07. The van der Waals surface area contributed by atoms with Gasteiger partial charge in [-0.1, -0.05) is 11.3 Å². The lowest BCUT2D eigenvalue weighted by atomic mass is 10.3. The third-order valence-electron chi connectivity index (χ3n) is 2.77. The maximum atomic E-state index is 11.5. The van der Waals surface area contributed by atoms with E-state index in [1.54, 1.807) is 22.9 Å². The van der Waals surface area contributed by atoms with Crippen molar-refractivity contribution in [3.8, 4) is 5.75 Å². The summed E-state index contributed by atoms with van der Waals surface area (Å²) in [6.07, 6.45) is 3.01. The maximum Gasteiger partial charge on any atom is 0.175 e. The van der Waals surface area contributed by atoms with Crippen molar-refractivity contribution >= 4 is 9.84 Å². The van der Waals surface area contributed by atoms with E-state index in [0.29, 0.717) is 25.4 Å². The molecular weight excluding hydrogens is 292 g/mol. The Balaban J connectivity index is 1.91. The van der Waals surface area contributed by atoms with Gasteiger partial charge in [-0.05, 0) is 25.2 Å². The Hall–Kier alpha value is -1.93. The molecule has 0 aliphatic heterocycles. The zero-order valence-corrected chi connectivity index (χ0v) is 12.8. The van der Waals surface area contributed by atoms with Gasteiger partial charge in [-0.2, -0.15) is 0 Å². The molecule has 2 aromatic rings. The van der Waals surface area contributed by atoms with Crippen LogP contribution < -0.4 is 10.1 Å². The van der Waals surface area contributed by atoms with E-state index in [1.807, 2.05) is 13.2 Å². The van der Waals surface area contributed by atoms with Crippen LogP contribution in [0.4, 0.5) is 0 Å². The highest BCUT2D eigenvalue weighted by atomic mass is 32.2. The second kappa shape index (κ2) is 6.68. The van der Waals surface area contributed by atoms with Crippen molar-refractivity contribution in [1.82, 2.24) is 20.3 Å². The lowest BCUT2D eigenvalue weighted by Crippen LogP contribution is -2.09. The summed E-state index contributed by atoms with van der Waals surface area (Å²) in [6, 6.07) is 6.45. The van der Waals surface area contributed by atoms with Crippen LogP contribution in [-0.4, -0.2) is 43.3 Å². The minimum absolute atomic E-state index is 0.247. The number of benzene rings is 1. The van der Waals surface area contributed by atoms with Crippen LogP contribution in [0.5, 0.6) is 5.75 Å². The van der Waals surface area contributed by atoms with E-state index >= 15 is 0 Å². The van der Waals surface area contributed by atoms with Gasteiger partial charge in [-0.25, -0.2) is 13.1 Å². The number of aromatic nitrogens is 3. The molecule has 0 atom stereocenters. The van der Waals surface area contributed by atoms with Crippen LogP contribution in [0.3, 0.4) is 0 Å². The molecule has 0 bridgehead atoms. The van der Waals surface area contributed by atoms with Crippen molar-refractivity contribution in [3.05, 3.63) is 36.2 Å². The Labute approximate surface area is 123 Å². The summed E-state index contributed by atoms with van der Waals surface area (Å²) in [5, 5.41) is 11.0.